The summed E-state index contributed by atoms with van der Waals surface area (Å²) in [6, 6.07) is 0. The van der Waals surface area contributed by atoms with Gasteiger partial charge in [-0.05, 0) is 19.3 Å². The molecule has 0 saturated carbocycles. The van der Waals surface area contributed by atoms with Gasteiger partial charge in [0.15, 0.2) is 0 Å². The van der Waals surface area contributed by atoms with E-state index in [2.05, 4.69) is 19.9 Å². The SMILES string of the molecule is CCCCCCC(C)C=C(C)C=CC(=O)O. The molecule has 92 valence electrons. The lowest BCUT2D eigenvalue weighted by Gasteiger charge is -2.06. The zero-order valence-corrected chi connectivity index (χ0v) is 10.7. The van der Waals surface area contributed by atoms with E-state index in [9.17, 15) is 4.79 Å². The van der Waals surface area contributed by atoms with Crippen LogP contribution < -0.4 is 0 Å². The van der Waals surface area contributed by atoms with Crippen LogP contribution in [0, 0.1) is 5.92 Å². The number of unbranched alkanes of at least 4 members (excludes halogenated alkanes) is 3. The molecule has 0 spiro atoms. The molecule has 0 radical (unpaired) electrons. The maximum atomic E-state index is 10.3. The van der Waals surface area contributed by atoms with Crippen molar-refractivity contribution in [3.63, 3.8) is 0 Å². The number of aliphatic carboxylic acids is 1. The van der Waals surface area contributed by atoms with E-state index in [0.717, 1.165) is 5.57 Å². The highest BCUT2D eigenvalue weighted by Gasteiger charge is 1.98. The Balaban J connectivity index is 3.86. The molecule has 1 atom stereocenters. The van der Waals surface area contributed by atoms with Crippen LogP contribution in [0.2, 0.25) is 0 Å². The minimum absolute atomic E-state index is 0.537. The number of rotatable bonds is 8. The Labute approximate surface area is 99.1 Å². The van der Waals surface area contributed by atoms with E-state index < -0.39 is 5.97 Å². The smallest absolute Gasteiger partial charge is 0.328 e. The van der Waals surface area contributed by atoms with Gasteiger partial charge in [-0.3, -0.25) is 0 Å². The number of hydrogen-bond acceptors (Lipinski definition) is 1. The molecule has 0 aromatic heterocycles. The first-order chi connectivity index (χ1) is 7.56. The third kappa shape index (κ3) is 9.50. The molecule has 0 aliphatic carbocycles. The zero-order chi connectivity index (χ0) is 12.4. The van der Waals surface area contributed by atoms with Gasteiger partial charge >= 0.3 is 5.97 Å². The number of hydrogen-bond donors (Lipinski definition) is 1. The standard InChI is InChI=1S/C14H24O2/c1-4-5-6-7-8-12(2)11-13(3)9-10-14(15)16/h9-12H,4-8H2,1-3H3,(H,15,16). The molecule has 0 heterocycles. The summed E-state index contributed by atoms with van der Waals surface area (Å²) in [7, 11) is 0. The van der Waals surface area contributed by atoms with E-state index >= 15 is 0 Å². The molecular formula is C14H24O2. The second-order valence-electron chi connectivity index (χ2n) is 4.41. The van der Waals surface area contributed by atoms with Gasteiger partial charge in [-0.15, -0.1) is 0 Å². The van der Waals surface area contributed by atoms with Gasteiger partial charge in [-0.1, -0.05) is 57.3 Å². The molecule has 0 aromatic carbocycles. The van der Waals surface area contributed by atoms with Gasteiger partial charge < -0.3 is 5.11 Å². The minimum atomic E-state index is -0.886. The lowest BCUT2D eigenvalue weighted by atomic mass is 10.00. The highest BCUT2D eigenvalue weighted by Crippen LogP contribution is 2.13. The predicted octanol–water partition coefficient (Wildman–Crippen LogP) is 4.18. The lowest BCUT2D eigenvalue weighted by Crippen LogP contribution is -1.92. The third-order valence-corrected chi connectivity index (χ3v) is 2.55. The van der Waals surface area contributed by atoms with Crippen molar-refractivity contribution in [1.82, 2.24) is 0 Å². The zero-order valence-electron chi connectivity index (χ0n) is 10.7. The van der Waals surface area contributed by atoms with E-state index in [0.29, 0.717) is 5.92 Å². The maximum absolute atomic E-state index is 10.3. The molecule has 0 saturated heterocycles. The summed E-state index contributed by atoms with van der Waals surface area (Å²) in [6.07, 6.45) is 11.3. The molecule has 1 unspecified atom stereocenters. The largest absolute Gasteiger partial charge is 0.478 e. The average molecular weight is 224 g/mol. The van der Waals surface area contributed by atoms with Crippen molar-refractivity contribution in [3.8, 4) is 0 Å². The van der Waals surface area contributed by atoms with Crippen LogP contribution in [0.15, 0.2) is 23.8 Å². The van der Waals surface area contributed by atoms with E-state index in [1.54, 1.807) is 6.08 Å². The fourth-order valence-corrected chi connectivity index (χ4v) is 1.68. The Morgan fingerprint density at radius 1 is 1.25 bits per heavy atom. The minimum Gasteiger partial charge on any atom is -0.478 e. The van der Waals surface area contributed by atoms with Crippen LogP contribution in [0.25, 0.3) is 0 Å². The fraction of sp³-hybridized carbons (Fsp3) is 0.643. The first-order valence-electron chi connectivity index (χ1n) is 6.15. The van der Waals surface area contributed by atoms with E-state index in [1.165, 1.54) is 38.2 Å². The average Bonchev–Trinajstić information content (AvgIpc) is 2.21. The Kier molecular flexibility index (Phi) is 8.59. The number of allylic oxidation sites excluding steroid dienone is 3. The summed E-state index contributed by atoms with van der Waals surface area (Å²) in [6.45, 7) is 6.34. The lowest BCUT2D eigenvalue weighted by molar-refractivity contribution is -0.131. The summed E-state index contributed by atoms with van der Waals surface area (Å²) in [4.78, 5) is 10.3. The summed E-state index contributed by atoms with van der Waals surface area (Å²) in [5.41, 5.74) is 1.03. The van der Waals surface area contributed by atoms with E-state index in [1.807, 2.05) is 6.92 Å². The van der Waals surface area contributed by atoms with Crippen molar-refractivity contribution in [2.45, 2.75) is 52.9 Å². The molecule has 2 nitrogen and oxygen atoms in total. The summed E-state index contributed by atoms with van der Waals surface area (Å²) in [5, 5.41) is 8.48. The van der Waals surface area contributed by atoms with Gasteiger partial charge in [-0.2, -0.15) is 0 Å². The van der Waals surface area contributed by atoms with Gasteiger partial charge in [0.05, 0.1) is 0 Å². The predicted molar refractivity (Wildman–Crippen MR) is 68.5 cm³/mol. The highest BCUT2D eigenvalue weighted by molar-refractivity contribution is 5.80. The molecule has 1 N–H and O–H groups in total. The first kappa shape index (κ1) is 14.9. The van der Waals surface area contributed by atoms with Crippen molar-refractivity contribution in [2.75, 3.05) is 0 Å². The molecular weight excluding hydrogens is 200 g/mol. The summed E-state index contributed by atoms with van der Waals surface area (Å²) in [5.74, 6) is -0.348. The molecule has 0 bridgehead atoms. The maximum Gasteiger partial charge on any atom is 0.328 e. The van der Waals surface area contributed by atoms with Crippen LogP contribution in [0.3, 0.4) is 0 Å². The van der Waals surface area contributed by atoms with Crippen molar-refractivity contribution in [3.05, 3.63) is 23.8 Å². The number of carbonyl (C=O) groups is 1. The van der Waals surface area contributed by atoms with Crippen LogP contribution in [0.4, 0.5) is 0 Å². The molecule has 0 amide bonds. The molecule has 0 aliphatic heterocycles. The van der Waals surface area contributed by atoms with Crippen molar-refractivity contribution >= 4 is 5.97 Å². The van der Waals surface area contributed by atoms with Gasteiger partial charge in [0.2, 0.25) is 0 Å². The topological polar surface area (TPSA) is 37.3 Å². The summed E-state index contributed by atoms with van der Waals surface area (Å²) >= 11 is 0. The van der Waals surface area contributed by atoms with Crippen molar-refractivity contribution < 1.29 is 9.90 Å². The van der Waals surface area contributed by atoms with Gasteiger partial charge in [0, 0.05) is 6.08 Å². The molecule has 0 aromatic rings. The second kappa shape index (κ2) is 9.20. The van der Waals surface area contributed by atoms with Crippen molar-refractivity contribution in [1.29, 1.82) is 0 Å². The van der Waals surface area contributed by atoms with Crippen molar-refractivity contribution in [2.24, 2.45) is 5.92 Å². The molecule has 0 fully saturated rings. The molecule has 2 heteroatoms. The van der Waals surface area contributed by atoms with Crippen LogP contribution in [0.5, 0.6) is 0 Å². The van der Waals surface area contributed by atoms with E-state index in [4.69, 9.17) is 5.11 Å². The van der Waals surface area contributed by atoms with Crippen LogP contribution >= 0.6 is 0 Å². The molecule has 0 rings (SSSR count). The highest BCUT2D eigenvalue weighted by atomic mass is 16.4. The molecule has 16 heavy (non-hydrogen) atoms. The van der Waals surface area contributed by atoms with Crippen LogP contribution in [-0.2, 0) is 4.79 Å². The van der Waals surface area contributed by atoms with E-state index in [-0.39, 0.29) is 0 Å². The summed E-state index contributed by atoms with van der Waals surface area (Å²) < 4.78 is 0. The van der Waals surface area contributed by atoms with Gasteiger partial charge in [0.1, 0.15) is 0 Å². The Hall–Kier alpha value is -1.05. The van der Waals surface area contributed by atoms with Gasteiger partial charge in [-0.25, -0.2) is 4.79 Å². The molecule has 0 aliphatic rings. The fourth-order valence-electron chi connectivity index (χ4n) is 1.68. The van der Waals surface area contributed by atoms with Gasteiger partial charge in [0.25, 0.3) is 0 Å². The number of carboxylic acids is 1. The second-order valence-corrected chi connectivity index (χ2v) is 4.41. The Bertz CT molecular complexity index is 251. The Morgan fingerprint density at radius 2 is 1.94 bits per heavy atom. The Morgan fingerprint density at radius 3 is 2.50 bits per heavy atom. The third-order valence-electron chi connectivity index (χ3n) is 2.55. The number of carboxylic acid groups (broad SMARTS) is 1. The first-order valence-corrected chi connectivity index (χ1v) is 6.15. The van der Waals surface area contributed by atoms with Crippen LogP contribution in [0.1, 0.15) is 52.9 Å². The monoisotopic (exact) mass is 224 g/mol. The normalized spacial score (nSPS) is 14.3. The quantitative estimate of drug-likeness (QED) is 0.381. The van der Waals surface area contributed by atoms with Crippen LogP contribution in [-0.4, -0.2) is 11.1 Å².